The van der Waals surface area contributed by atoms with Crippen LogP contribution in [0.5, 0.6) is 0 Å². The Morgan fingerprint density at radius 3 is 2.53 bits per heavy atom. The van der Waals surface area contributed by atoms with Crippen LogP contribution in [-0.4, -0.2) is 9.67 Å². The van der Waals surface area contributed by atoms with Gasteiger partial charge >= 0.3 is 0 Å². The lowest BCUT2D eigenvalue weighted by Crippen LogP contribution is -2.02. The third-order valence-electron chi connectivity index (χ3n) is 2.35. The van der Waals surface area contributed by atoms with Crippen molar-refractivity contribution in [2.45, 2.75) is 13.2 Å². The average Bonchev–Trinajstić information content (AvgIpc) is 2.69. The molecule has 0 aliphatic rings. The molecule has 0 fully saturated rings. The fraction of sp³-hybridized carbons (Fsp3) is 0.167. The van der Waals surface area contributed by atoms with E-state index in [0.29, 0.717) is 6.54 Å². The van der Waals surface area contributed by atoms with Gasteiger partial charge in [-0.1, -0.05) is 12.1 Å². The van der Waals surface area contributed by atoms with Gasteiger partial charge in [-0.25, -0.2) is 4.39 Å². The van der Waals surface area contributed by atoms with Crippen LogP contribution < -0.4 is 0 Å². The summed E-state index contributed by atoms with van der Waals surface area (Å²) < 4.78 is 14.6. The van der Waals surface area contributed by atoms with Gasteiger partial charge in [0.15, 0.2) is 0 Å². The highest BCUT2D eigenvalue weighted by Gasteiger charge is 2.00. The van der Waals surface area contributed by atoms with Crippen LogP contribution >= 0.6 is 0 Å². The monoisotopic (exact) mass is 205 g/mol. The zero-order chi connectivity index (χ0) is 10.7. The van der Waals surface area contributed by atoms with E-state index in [2.05, 4.69) is 0 Å². The summed E-state index contributed by atoms with van der Waals surface area (Å²) in [6, 6.07) is 10.1. The second kappa shape index (κ2) is 4.28. The summed E-state index contributed by atoms with van der Waals surface area (Å²) in [5, 5.41) is 9.05. The molecule has 2 aromatic rings. The number of halogens is 1. The predicted octanol–water partition coefficient (Wildman–Crippen LogP) is 2.17. The summed E-state index contributed by atoms with van der Waals surface area (Å²) in [4.78, 5) is 0. The van der Waals surface area contributed by atoms with Crippen molar-refractivity contribution in [1.82, 2.24) is 4.57 Å². The molecular formula is C12H12FNO. The Morgan fingerprint density at radius 1 is 1.13 bits per heavy atom. The van der Waals surface area contributed by atoms with Gasteiger partial charge in [-0.3, -0.25) is 0 Å². The highest BCUT2D eigenvalue weighted by atomic mass is 19.1. The van der Waals surface area contributed by atoms with Crippen molar-refractivity contribution in [3.8, 4) is 0 Å². The van der Waals surface area contributed by atoms with Gasteiger partial charge in [0.2, 0.25) is 0 Å². The lowest BCUT2D eigenvalue weighted by Gasteiger charge is -2.07. The second-order valence-corrected chi connectivity index (χ2v) is 3.41. The molecule has 0 unspecified atom stereocenters. The van der Waals surface area contributed by atoms with E-state index in [9.17, 15) is 4.39 Å². The summed E-state index contributed by atoms with van der Waals surface area (Å²) in [6.45, 7) is 0.678. The molecule has 1 heterocycles. The molecule has 2 rings (SSSR count). The molecule has 0 radical (unpaired) electrons. The smallest absolute Gasteiger partial charge is 0.123 e. The standard InChI is InChI=1S/C12H12FNO/c13-11-5-3-10(4-6-11)8-14-7-1-2-12(14)9-15/h1-7,15H,8-9H2. The Bertz CT molecular complexity index is 433. The van der Waals surface area contributed by atoms with Gasteiger partial charge in [0, 0.05) is 18.4 Å². The van der Waals surface area contributed by atoms with Gasteiger partial charge in [-0.05, 0) is 29.8 Å². The van der Waals surface area contributed by atoms with Gasteiger partial charge in [-0.2, -0.15) is 0 Å². The van der Waals surface area contributed by atoms with E-state index in [1.54, 1.807) is 12.1 Å². The Morgan fingerprint density at radius 2 is 1.87 bits per heavy atom. The van der Waals surface area contributed by atoms with Gasteiger partial charge < -0.3 is 9.67 Å². The van der Waals surface area contributed by atoms with Crippen molar-refractivity contribution in [3.05, 3.63) is 59.7 Å². The molecule has 1 N–H and O–H groups in total. The molecule has 0 saturated heterocycles. The molecule has 0 saturated carbocycles. The van der Waals surface area contributed by atoms with Crippen molar-refractivity contribution in [3.63, 3.8) is 0 Å². The number of hydrogen-bond acceptors (Lipinski definition) is 1. The lowest BCUT2D eigenvalue weighted by atomic mass is 10.2. The molecule has 0 amide bonds. The largest absolute Gasteiger partial charge is 0.390 e. The number of nitrogens with zero attached hydrogens (tertiary/aromatic N) is 1. The summed E-state index contributed by atoms with van der Waals surface area (Å²) >= 11 is 0. The Labute approximate surface area is 87.6 Å². The minimum atomic E-state index is -0.228. The fourth-order valence-electron chi connectivity index (χ4n) is 1.53. The van der Waals surface area contributed by atoms with Gasteiger partial charge in [0.05, 0.1) is 6.61 Å². The van der Waals surface area contributed by atoms with Crippen molar-refractivity contribution >= 4 is 0 Å². The maximum atomic E-state index is 12.7. The van der Waals surface area contributed by atoms with Crippen molar-refractivity contribution in [2.24, 2.45) is 0 Å². The maximum absolute atomic E-state index is 12.7. The molecule has 2 nitrogen and oxygen atoms in total. The predicted molar refractivity (Wildman–Crippen MR) is 55.9 cm³/mol. The van der Waals surface area contributed by atoms with E-state index in [-0.39, 0.29) is 12.4 Å². The number of aliphatic hydroxyl groups excluding tert-OH is 1. The van der Waals surface area contributed by atoms with E-state index in [1.165, 1.54) is 12.1 Å². The Balaban J connectivity index is 2.18. The average molecular weight is 205 g/mol. The number of rotatable bonds is 3. The van der Waals surface area contributed by atoms with Crippen LogP contribution in [-0.2, 0) is 13.2 Å². The fourth-order valence-corrected chi connectivity index (χ4v) is 1.53. The third-order valence-corrected chi connectivity index (χ3v) is 2.35. The van der Waals surface area contributed by atoms with E-state index in [4.69, 9.17) is 5.11 Å². The molecule has 0 aliphatic heterocycles. The van der Waals surface area contributed by atoms with Crippen LogP contribution in [0.25, 0.3) is 0 Å². The van der Waals surface area contributed by atoms with Crippen LogP contribution in [0.2, 0.25) is 0 Å². The molecule has 3 heteroatoms. The van der Waals surface area contributed by atoms with Crippen LogP contribution in [0.4, 0.5) is 4.39 Å². The molecule has 0 bridgehead atoms. The first-order chi connectivity index (χ1) is 7.29. The van der Waals surface area contributed by atoms with Crippen LogP contribution in [0, 0.1) is 5.82 Å². The molecule has 0 spiro atoms. The molecular weight excluding hydrogens is 193 g/mol. The normalized spacial score (nSPS) is 10.5. The summed E-state index contributed by atoms with van der Waals surface area (Å²) in [5.74, 6) is -0.228. The lowest BCUT2D eigenvalue weighted by molar-refractivity contribution is 0.271. The topological polar surface area (TPSA) is 25.2 Å². The SMILES string of the molecule is OCc1cccn1Cc1ccc(F)cc1. The Kier molecular flexibility index (Phi) is 2.83. The quantitative estimate of drug-likeness (QED) is 0.816. The van der Waals surface area contributed by atoms with Crippen molar-refractivity contribution in [1.29, 1.82) is 0 Å². The zero-order valence-corrected chi connectivity index (χ0v) is 8.23. The van der Waals surface area contributed by atoms with Crippen LogP contribution in [0.3, 0.4) is 0 Å². The number of hydrogen-bond donors (Lipinski definition) is 1. The number of benzene rings is 1. The van der Waals surface area contributed by atoms with E-state index in [0.717, 1.165) is 11.3 Å². The third kappa shape index (κ3) is 2.25. The van der Waals surface area contributed by atoms with Crippen molar-refractivity contribution < 1.29 is 9.50 Å². The highest BCUT2D eigenvalue weighted by molar-refractivity contribution is 5.18. The van der Waals surface area contributed by atoms with Gasteiger partial charge in [-0.15, -0.1) is 0 Å². The highest BCUT2D eigenvalue weighted by Crippen LogP contribution is 2.08. The van der Waals surface area contributed by atoms with Gasteiger partial charge in [0.25, 0.3) is 0 Å². The second-order valence-electron chi connectivity index (χ2n) is 3.41. The summed E-state index contributed by atoms with van der Waals surface area (Å²) in [5.41, 5.74) is 1.88. The molecule has 15 heavy (non-hydrogen) atoms. The van der Waals surface area contributed by atoms with E-state index < -0.39 is 0 Å². The first-order valence-corrected chi connectivity index (χ1v) is 4.79. The van der Waals surface area contributed by atoms with Crippen molar-refractivity contribution in [2.75, 3.05) is 0 Å². The van der Waals surface area contributed by atoms with Crippen LogP contribution in [0.1, 0.15) is 11.3 Å². The Hall–Kier alpha value is -1.61. The zero-order valence-electron chi connectivity index (χ0n) is 8.23. The van der Waals surface area contributed by atoms with Crippen LogP contribution in [0.15, 0.2) is 42.6 Å². The molecule has 0 aliphatic carbocycles. The molecule has 1 aromatic carbocycles. The first kappa shape index (κ1) is 9.93. The first-order valence-electron chi connectivity index (χ1n) is 4.79. The summed E-state index contributed by atoms with van der Waals surface area (Å²) in [6.07, 6.45) is 1.90. The molecule has 78 valence electrons. The maximum Gasteiger partial charge on any atom is 0.123 e. The molecule has 0 atom stereocenters. The number of aromatic nitrogens is 1. The number of aliphatic hydroxyl groups is 1. The summed E-state index contributed by atoms with van der Waals surface area (Å²) in [7, 11) is 0. The molecule has 1 aromatic heterocycles. The van der Waals surface area contributed by atoms with E-state index in [1.807, 2.05) is 22.9 Å². The van der Waals surface area contributed by atoms with Gasteiger partial charge in [0.1, 0.15) is 5.82 Å². The van der Waals surface area contributed by atoms with E-state index >= 15 is 0 Å². The minimum absolute atomic E-state index is 0.0220. The minimum Gasteiger partial charge on any atom is -0.390 e.